The van der Waals surface area contributed by atoms with Gasteiger partial charge in [0.1, 0.15) is 0 Å². The molecule has 0 spiro atoms. The molecule has 0 fully saturated rings. The normalized spacial score (nSPS) is 11.1. The van der Waals surface area contributed by atoms with Crippen molar-refractivity contribution in [1.82, 2.24) is 15.5 Å². The molecule has 4 nitrogen and oxygen atoms in total. The summed E-state index contributed by atoms with van der Waals surface area (Å²) >= 11 is 0. The van der Waals surface area contributed by atoms with E-state index in [2.05, 4.69) is 57.9 Å². The minimum absolute atomic E-state index is 0.674. The molecule has 0 aliphatic heterocycles. The van der Waals surface area contributed by atoms with Gasteiger partial charge < -0.3 is 9.84 Å². The highest BCUT2D eigenvalue weighted by atomic mass is 16.5. The third-order valence-corrected chi connectivity index (χ3v) is 3.33. The van der Waals surface area contributed by atoms with E-state index in [1.807, 2.05) is 7.05 Å². The van der Waals surface area contributed by atoms with Crippen molar-refractivity contribution in [3.63, 3.8) is 0 Å². The van der Waals surface area contributed by atoms with Gasteiger partial charge in [-0.3, -0.25) is 0 Å². The number of rotatable bonds is 5. The maximum Gasteiger partial charge on any atom is 0.231 e. The largest absolute Gasteiger partial charge is 0.339 e. The van der Waals surface area contributed by atoms with Crippen LogP contribution in [0.3, 0.4) is 0 Å². The van der Waals surface area contributed by atoms with Crippen molar-refractivity contribution in [2.75, 3.05) is 13.6 Å². The van der Waals surface area contributed by atoms with E-state index in [9.17, 15) is 0 Å². The fourth-order valence-corrected chi connectivity index (χ4v) is 2.31. The summed E-state index contributed by atoms with van der Waals surface area (Å²) < 4.78 is 5.33. The molecule has 102 valence electrons. The lowest BCUT2D eigenvalue weighted by atomic mass is 10.0. The maximum absolute atomic E-state index is 5.33. The molecule has 0 atom stereocenters. The summed E-state index contributed by atoms with van der Waals surface area (Å²) in [4.78, 5) is 4.43. The fourth-order valence-electron chi connectivity index (χ4n) is 2.31. The molecule has 3 rings (SSSR count). The highest BCUT2D eigenvalue weighted by Crippen LogP contribution is 2.20. The number of aromatic nitrogens is 2. The minimum Gasteiger partial charge on any atom is -0.339 e. The average molecular weight is 267 g/mol. The van der Waals surface area contributed by atoms with Gasteiger partial charge in [0.15, 0.2) is 5.82 Å². The molecule has 0 unspecified atom stereocenters. The molecule has 0 amide bonds. The number of benzene rings is 2. The molecule has 0 saturated heterocycles. The van der Waals surface area contributed by atoms with Gasteiger partial charge in [0.2, 0.25) is 5.89 Å². The van der Waals surface area contributed by atoms with Crippen LogP contribution in [0.5, 0.6) is 0 Å². The predicted molar refractivity (Wildman–Crippen MR) is 78.7 cm³/mol. The Kier molecular flexibility index (Phi) is 3.74. The molecule has 2 aromatic carbocycles. The summed E-state index contributed by atoms with van der Waals surface area (Å²) in [6.07, 6.45) is 1.46. The zero-order valence-electron chi connectivity index (χ0n) is 11.5. The van der Waals surface area contributed by atoms with Gasteiger partial charge in [0.05, 0.1) is 6.42 Å². The second kappa shape index (κ2) is 5.84. The first-order chi connectivity index (χ1) is 9.86. The fraction of sp³-hybridized carbons (Fsp3) is 0.250. The molecule has 0 saturated carbocycles. The first-order valence-corrected chi connectivity index (χ1v) is 6.79. The molecule has 1 N–H and O–H groups in total. The second-order valence-corrected chi connectivity index (χ2v) is 4.77. The topological polar surface area (TPSA) is 51.0 Å². The molecule has 1 heterocycles. The minimum atomic E-state index is 0.674. The van der Waals surface area contributed by atoms with Crippen LogP contribution in [0.15, 0.2) is 47.0 Å². The summed E-state index contributed by atoms with van der Waals surface area (Å²) in [6.45, 7) is 0.854. The Balaban J connectivity index is 1.84. The lowest BCUT2D eigenvalue weighted by molar-refractivity contribution is 0.379. The van der Waals surface area contributed by atoms with E-state index in [4.69, 9.17) is 4.52 Å². The third kappa shape index (κ3) is 2.70. The van der Waals surface area contributed by atoms with Crippen molar-refractivity contribution in [3.05, 3.63) is 59.7 Å². The van der Waals surface area contributed by atoms with Crippen LogP contribution >= 0.6 is 0 Å². The monoisotopic (exact) mass is 267 g/mol. The number of hydrogen-bond acceptors (Lipinski definition) is 4. The van der Waals surface area contributed by atoms with Crippen LogP contribution in [0.25, 0.3) is 10.8 Å². The van der Waals surface area contributed by atoms with E-state index >= 15 is 0 Å². The summed E-state index contributed by atoms with van der Waals surface area (Å²) in [6, 6.07) is 14.6. The van der Waals surface area contributed by atoms with E-state index in [1.54, 1.807) is 0 Å². The zero-order chi connectivity index (χ0) is 13.8. The van der Waals surface area contributed by atoms with Gasteiger partial charge in [0.25, 0.3) is 0 Å². The Morgan fingerprint density at radius 2 is 1.95 bits per heavy atom. The molecule has 3 aromatic rings. The van der Waals surface area contributed by atoms with Crippen molar-refractivity contribution in [1.29, 1.82) is 0 Å². The standard InChI is InChI=1S/C16H17N3O/c1-17-10-9-15-18-16(20-19-15)11-13-7-4-6-12-5-2-3-8-14(12)13/h2-8,17H,9-11H2,1H3. The van der Waals surface area contributed by atoms with Crippen molar-refractivity contribution < 1.29 is 4.52 Å². The zero-order valence-corrected chi connectivity index (χ0v) is 11.5. The highest BCUT2D eigenvalue weighted by Gasteiger charge is 2.08. The van der Waals surface area contributed by atoms with Gasteiger partial charge in [-0.2, -0.15) is 4.98 Å². The number of likely N-dealkylation sites (N-methyl/N-ethyl adjacent to an activating group) is 1. The Labute approximate surface area is 117 Å². The van der Waals surface area contributed by atoms with E-state index in [0.717, 1.165) is 18.8 Å². The molecule has 0 aliphatic carbocycles. The first kappa shape index (κ1) is 12.8. The van der Waals surface area contributed by atoms with Crippen LogP contribution in [0.4, 0.5) is 0 Å². The van der Waals surface area contributed by atoms with Crippen molar-refractivity contribution in [2.24, 2.45) is 0 Å². The van der Waals surface area contributed by atoms with Crippen LogP contribution in [0.2, 0.25) is 0 Å². The van der Waals surface area contributed by atoms with Gasteiger partial charge >= 0.3 is 0 Å². The van der Waals surface area contributed by atoms with Gasteiger partial charge in [-0.25, -0.2) is 0 Å². The third-order valence-electron chi connectivity index (χ3n) is 3.33. The Morgan fingerprint density at radius 1 is 1.10 bits per heavy atom. The summed E-state index contributed by atoms with van der Waals surface area (Å²) in [5.74, 6) is 1.43. The van der Waals surface area contributed by atoms with Crippen LogP contribution in [-0.2, 0) is 12.8 Å². The summed E-state index contributed by atoms with van der Waals surface area (Å²) in [5, 5.41) is 9.56. The molecule has 0 aliphatic rings. The highest BCUT2D eigenvalue weighted by molar-refractivity contribution is 5.85. The first-order valence-electron chi connectivity index (χ1n) is 6.79. The smallest absolute Gasteiger partial charge is 0.231 e. The Bertz CT molecular complexity index is 700. The molecular weight excluding hydrogens is 250 g/mol. The Hall–Kier alpha value is -2.20. The number of nitrogens with one attached hydrogen (secondary N) is 1. The van der Waals surface area contributed by atoms with E-state index in [1.165, 1.54) is 16.3 Å². The predicted octanol–water partition coefficient (Wildman–Crippen LogP) is 2.58. The molecule has 0 bridgehead atoms. The van der Waals surface area contributed by atoms with Crippen LogP contribution in [0.1, 0.15) is 17.3 Å². The van der Waals surface area contributed by atoms with Gasteiger partial charge in [0, 0.05) is 13.0 Å². The molecule has 20 heavy (non-hydrogen) atoms. The number of nitrogens with zero attached hydrogens (tertiary/aromatic N) is 2. The van der Waals surface area contributed by atoms with Crippen LogP contribution < -0.4 is 5.32 Å². The number of fused-ring (bicyclic) bond motifs is 1. The summed E-state index contributed by atoms with van der Waals surface area (Å²) in [7, 11) is 1.91. The van der Waals surface area contributed by atoms with Crippen LogP contribution in [-0.4, -0.2) is 23.7 Å². The Morgan fingerprint density at radius 3 is 2.85 bits per heavy atom. The van der Waals surface area contributed by atoms with Gasteiger partial charge in [-0.1, -0.05) is 47.6 Å². The van der Waals surface area contributed by atoms with E-state index < -0.39 is 0 Å². The molecule has 4 heteroatoms. The van der Waals surface area contributed by atoms with Crippen molar-refractivity contribution in [3.8, 4) is 0 Å². The average Bonchev–Trinajstić information content (AvgIpc) is 2.93. The van der Waals surface area contributed by atoms with Crippen molar-refractivity contribution >= 4 is 10.8 Å². The second-order valence-electron chi connectivity index (χ2n) is 4.77. The summed E-state index contributed by atoms with van der Waals surface area (Å²) in [5.41, 5.74) is 1.21. The molecular formula is C16H17N3O. The van der Waals surface area contributed by atoms with E-state index in [0.29, 0.717) is 12.3 Å². The quantitative estimate of drug-likeness (QED) is 0.772. The lowest BCUT2D eigenvalue weighted by Gasteiger charge is -2.03. The molecule has 0 radical (unpaired) electrons. The maximum atomic E-state index is 5.33. The van der Waals surface area contributed by atoms with Gasteiger partial charge in [-0.05, 0) is 23.4 Å². The molecule has 1 aromatic heterocycles. The van der Waals surface area contributed by atoms with Gasteiger partial charge in [-0.15, -0.1) is 0 Å². The SMILES string of the molecule is CNCCc1noc(Cc2cccc3ccccc23)n1. The lowest BCUT2D eigenvalue weighted by Crippen LogP contribution is -2.11. The van der Waals surface area contributed by atoms with Crippen molar-refractivity contribution in [2.45, 2.75) is 12.8 Å². The number of hydrogen-bond donors (Lipinski definition) is 1. The van der Waals surface area contributed by atoms with Crippen LogP contribution in [0, 0.1) is 0 Å². The van der Waals surface area contributed by atoms with E-state index in [-0.39, 0.29) is 0 Å².